The Bertz CT molecular complexity index is 267. The average Bonchev–Trinajstić information content (AvgIpc) is 1.95. The standard InChI is InChI=1S/C17H38Si/c1-13(15(2,3)4)14(16(5,6)7)18(11,12)17(8,9)10/h13-14H,1-12H3. The highest BCUT2D eigenvalue weighted by Gasteiger charge is 2.50. The van der Waals surface area contributed by atoms with Crippen LogP contribution in [-0.4, -0.2) is 8.07 Å². The lowest BCUT2D eigenvalue weighted by atomic mass is 9.72. The molecule has 0 rings (SSSR count). The molecular formula is C17H38Si. The van der Waals surface area contributed by atoms with E-state index in [1.165, 1.54) is 0 Å². The molecule has 0 bridgehead atoms. The van der Waals surface area contributed by atoms with Crippen LogP contribution in [-0.2, 0) is 0 Å². The van der Waals surface area contributed by atoms with Gasteiger partial charge in [-0.1, -0.05) is 82.3 Å². The van der Waals surface area contributed by atoms with E-state index >= 15 is 0 Å². The summed E-state index contributed by atoms with van der Waals surface area (Å²) in [7, 11) is -1.34. The maximum Gasteiger partial charge on any atom is 0.0566 e. The van der Waals surface area contributed by atoms with Crippen LogP contribution in [0.15, 0.2) is 0 Å². The van der Waals surface area contributed by atoms with Crippen LogP contribution in [0, 0.1) is 16.7 Å². The van der Waals surface area contributed by atoms with Gasteiger partial charge in [-0.05, 0) is 27.3 Å². The second-order valence-electron chi connectivity index (χ2n) is 9.97. The highest BCUT2D eigenvalue weighted by atomic mass is 28.3. The van der Waals surface area contributed by atoms with E-state index in [2.05, 4.69) is 82.3 Å². The minimum atomic E-state index is -1.34. The average molecular weight is 271 g/mol. The first kappa shape index (κ1) is 18.2. The summed E-state index contributed by atoms with van der Waals surface area (Å²) < 4.78 is 0. The van der Waals surface area contributed by atoms with Crippen LogP contribution < -0.4 is 0 Å². The Balaban J connectivity index is 5.69. The first-order valence-electron chi connectivity index (χ1n) is 7.53. The second kappa shape index (κ2) is 4.96. The quantitative estimate of drug-likeness (QED) is 0.496. The van der Waals surface area contributed by atoms with Gasteiger partial charge >= 0.3 is 0 Å². The van der Waals surface area contributed by atoms with Gasteiger partial charge in [0.2, 0.25) is 0 Å². The molecule has 18 heavy (non-hydrogen) atoms. The van der Waals surface area contributed by atoms with E-state index in [1.807, 2.05) is 0 Å². The molecule has 0 aliphatic rings. The van der Waals surface area contributed by atoms with Crippen molar-refractivity contribution in [2.24, 2.45) is 16.7 Å². The van der Waals surface area contributed by atoms with Gasteiger partial charge in [-0.25, -0.2) is 0 Å². The molecule has 0 saturated heterocycles. The molecule has 0 aliphatic carbocycles. The van der Waals surface area contributed by atoms with Crippen molar-refractivity contribution in [1.82, 2.24) is 0 Å². The van der Waals surface area contributed by atoms with Crippen LogP contribution in [0.25, 0.3) is 0 Å². The third kappa shape index (κ3) is 3.85. The van der Waals surface area contributed by atoms with Crippen LogP contribution in [0.1, 0.15) is 69.2 Å². The van der Waals surface area contributed by atoms with E-state index in [4.69, 9.17) is 0 Å². The summed E-state index contributed by atoms with van der Waals surface area (Å²) >= 11 is 0. The summed E-state index contributed by atoms with van der Waals surface area (Å²) in [5, 5.41) is 0.463. The first-order chi connectivity index (χ1) is 7.53. The van der Waals surface area contributed by atoms with Gasteiger partial charge < -0.3 is 0 Å². The smallest absolute Gasteiger partial charge is 0.0566 e. The van der Waals surface area contributed by atoms with Crippen molar-refractivity contribution >= 4 is 8.07 Å². The molecule has 110 valence electrons. The van der Waals surface area contributed by atoms with Gasteiger partial charge in [0.05, 0.1) is 8.07 Å². The summed E-state index contributed by atoms with van der Waals surface area (Å²) in [6.45, 7) is 29.6. The van der Waals surface area contributed by atoms with Crippen LogP contribution in [0.3, 0.4) is 0 Å². The molecule has 0 aliphatic heterocycles. The van der Waals surface area contributed by atoms with E-state index in [0.29, 0.717) is 15.9 Å². The van der Waals surface area contributed by atoms with Crippen LogP contribution in [0.5, 0.6) is 0 Å². The highest BCUT2D eigenvalue weighted by molar-refractivity contribution is 6.81. The SMILES string of the molecule is CC(C(C(C)(C)C)[Si](C)(C)C(C)(C)C)C(C)(C)C. The lowest BCUT2D eigenvalue weighted by molar-refractivity contribution is 0.174. The van der Waals surface area contributed by atoms with Crippen molar-refractivity contribution in [3.05, 3.63) is 0 Å². The molecule has 0 aromatic heterocycles. The van der Waals surface area contributed by atoms with E-state index in [9.17, 15) is 0 Å². The zero-order chi connectivity index (χ0) is 15.2. The molecule has 0 spiro atoms. The fourth-order valence-electron chi connectivity index (χ4n) is 3.42. The molecule has 0 heterocycles. The minimum Gasteiger partial charge on any atom is -0.0687 e. The van der Waals surface area contributed by atoms with Crippen molar-refractivity contribution in [2.75, 3.05) is 0 Å². The Labute approximate surface area is 118 Å². The summed E-state index contributed by atoms with van der Waals surface area (Å²) in [5.41, 5.74) is 1.63. The van der Waals surface area contributed by atoms with Gasteiger partial charge in [-0.3, -0.25) is 0 Å². The van der Waals surface area contributed by atoms with Crippen molar-refractivity contribution in [2.45, 2.75) is 92.9 Å². The summed E-state index contributed by atoms with van der Waals surface area (Å²) in [5.74, 6) is 0.762. The summed E-state index contributed by atoms with van der Waals surface area (Å²) in [4.78, 5) is 0. The number of hydrogen-bond donors (Lipinski definition) is 0. The third-order valence-corrected chi connectivity index (χ3v) is 12.3. The Morgan fingerprint density at radius 3 is 1.17 bits per heavy atom. The zero-order valence-electron chi connectivity index (χ0n) is 15.2. The Morgan fingerprint density at radius 2 is 1.00 bits per heavy atom. The molecule has 2 atom stereocenters. The van der Waals surface area contributed by atoms with Crippen molar-refractivity contribution in [1.29, 1.82) is 0 Å². The second-order valence-corrected chi connectivity index (χ2v) is 15.5. The number of hydrogen-bond acceptors (Lipinski definition) is 0. The molecule has 0 aromatic carbocycles. The van der Waals surface area contributed by atoms with Gasteiger partial charge in [-0.15, -0.1) is 0 Å². The fraction of sp³-hybridized carbons (Fsp3) is 1.00. The van der Waals surface area contributed by atoms with Gasteiger partial charge in [0.1, 0.15) is 0 Å². The molecule has 0 radical (unpaired) electrons. The van der Waals surface area contributed by atoms with Gasteiger partial charge in [0, 0.05) is 0 Å². The Morgan fingerprint density at radius 1 is 0.667 bits per heavy atom. The highest BCUT2D eigenvalue weighted by Crippen LogP contribution is 2.57. The van der Waals surface area contributed by atoms with Crippen LogP contribution >= 0.6 is 0 Å². The molecule has 0 N–H and O–H groups in total. The maximum atomic E-state index is 2.60. The molecule has 2 unspecified atom stereocenters. The molecule has 1 heteroatoms. The minimum absolute atomic E-state index is 0.396. The summed E-state index contributed by atoms with van der Waals surface area (Å²) in [6.07, 6.45) is 0. The predicted octanol–water partition coefficient (Wildman–Crippen LogP) is 6.59. The lowest BCUT2D eigenvalue weighted by Gasteiger charge is -2.54. The van der Waals surface area contributed by atoms with E-state index in [0.717, 1.165) is 11.5 Å². The molecule has 0 saturated carbocycles. The van der Waals surface area contributed by atoms with E-state index in [-0.39, 0.29) is 0 Å². The monoisotopic (exact) mass is 270 g/mol. The molecule has 0 aromatic rings. The maximum absolute atomic E-state index is 2.60. The van der Waals surface area contributed by atoms with Crippen LogP contribution in [0.4, 0.5) is 0 Å². The fourth-order valence-corrected chi connectivity index (χ4v) is 8.27. The topological polar surface area (TPSA) is 0 Å². The van der Waals surface area contributed by atoms with Crippen LogP contribution in [0.2, 0.25) is 23.7 Å². The summed E-state index contributed by atoms with van der Waals surface area (Å²) in [6, 6.07) is 0. The van der Waals surface area contributed by atoms with Crippen molar-refractivity contribution in [3.8, 4) is 0 Å². The van der Waals surface area contributed by atoms with Gasteiger partial charge in [-0.2, -0.15) is 0 Å². The number of rotatable bonds is 2. The first-order valence-corrected chi connectivity index (χ1v) is 10.6. The molecule has 0 nitrogen and oxygen atoms in total. The van der Waals surface area contributed by atoms with E-state index < -0.39 is 8.07 Å². The van der Waals surface area contributed by atoms with Gasteiger partial charge in [0.25, 0.3) is 0 Å². The van der Waals surface area contributed by atoms with E-state index in [1.54, 1.807) is 0 Å². The predicted molar refractivity (Wildman–Crippen MR) is 89.0 cm³/mol. The largest absolute Gasteiger partial charge is 0.0687 e. The molecule has 0 amide bonds. The van der Waals surface area contributed by atoms with Crippen molar-refractivity contribution < 1.29 is 0 Å². The Kier molecular flexibility index (Phi) is 5.02. The third-order valence-electron chi connectivity index (χ3n) is 5.51. The zero-order valence-corrected chi connectivity index (χ0v) is 16.2. The molecular weight excluding hydrogens is 232 g/mol. The lowest BCUT2D eigenvalue weighted by Crippen LogP contribution is -2.51. The Hall–Kier alpha value is 0.217. The van der Waals surface area contributed by atoms with Gasteiger partial charge in [0.15, 0.2) is 0 Å². The van der Waals surface area contributed by atoms with Crippen molar-refractivity contribution in [3.63, 3.8) is 0 Å². The molecule has 0 fully saturated rings. The normalized spacial score (nSPS) is 18.7.